The molecule has 2 heterocycles. The van der Waals surface area contributed by atoms with Gasteiger partial charge in [0.05, 0.1) is 19.5 Å². The highest BCUT2D eigenvalue weighted by atomic mass is 16.5. The predicted octanol–water partition coefficient (Wildman–Crippen LogP) is 2.84. The zero-order valence-corrected chi connectivity index (χ0v) is 12.1. The molecule has 0 radical (unpaired) electrons. The second-order valence-electron chi connectivity index (χ2n) is 5.14. The number of hydrogen-bond acceptors (Lipinski definition) is 5. The first-order chi connectivity index (χ1) is 10.7. The summed E-state index contributed by atoms with van der Waals surface area (Å²) in [6.45, 7) is 0. The quantitative estimate of drug-likeness (QED) is 0.644. The van der Waals surface area contributed by atoms with Crippen molar-refractivity contribution in [3.63, 3.8) is 0 Å². The van der Waals surface area contributed by atoms with Gasteiger partial charge in [-0.25, -0.2) is 0 Å². The molecule has 22 heavy (non-hydrogen) atoms. The van der Waals surface area contributed by atoms with Crippen molar-refractivity contribution < 1.29 is 23.5 Å². The van der Waals surface area contributed by atoms with Crippen molar-refractivity contribution in [3.8, 4) is 0 Å². The molecule has 0 saturated carbocycles. The second-order valence-corrected chi connectivity index (χ2v) is 5.14. The van der Waals surface area contributed by atoms with Crippen LogP contribution in [-0.2, 0) is 19.1 Å². The molecule has 1 aliphatic heterocycles. The number of hydrogen-bond donors (Lipinski definition) is 0. The molecule has 0 aliphatic carbocycles. The number of methoxy groups -OCH3 is 1. The van der Waals surface area contributed by atoms with Crippen LogP contribution in [0.4, 0.5) is 0 Å². The maximum Gasteiger partial charge on any atom is 0.319 e. The van der Waals surface area contributed by atoms with E-state index in [1.54, 1.807) is 12.1 Å². The van der Waals surface area contributed by atoms with E-state index in [0.717, 1.165) is 5.56 Å². The third-order valence-corrected chi connectivity index (χ3v) is 3.80. The number of furan rings is 1. The van der Waals surface area contributed by atoms with Gasteiger partial charge in [0.25, 0.3) is 0 Å². The third kappa shape index (κ3) is 2.67. The topological polar surface area (TPSA) is 65.7 Å². The minimum Gasteiger partial charge on any atom is -0.468 e. The molecule has 3 rings (SSSR count). The lowest BCUT2D eigenvalue weighted by atomic mass is 9.87. The van der Waals surface area contributed by atoms with Crippen LogP contribution in [0.3, 0.4) is 0 Å². The number of esters is 1. The summed E-state index contributed by atoms with van der Waals surface area (Å²) in [7, 11) is 1.26. The van der Waals surface area contributed by atoms with Gasteiger partial charge in [0.15, 0.2) is 5.78 Å². The fraction of sp³-hybridized carbons (Fsp3) is 0.294. The Morgan fingerprint density at radius 3 is 2.59 bits per heavy atom. The molecule has 0 unspecified atom stereocenters. The number of ketones is 1. The summed E-state index contributed by atoms with van der Waals surface area (Å²) in [5.74, 6) is -1.34. The molecule has 3 atom stereocenters. The average Bonchev–Trinajstić information content (AvgIpc) is 3.08. The highest BCUT2D eigenvalue weighted by molar-refractivity contribution is 6.00. The summed E-state index contributed by atoms with van der Waals surface area (Å²) < 4.78 is 16.1. The Kier molecular flexibility index (Phi) is 4.06. The van der Waals surface area contributed by atoms with Gasteiger partial charge in [-0.05, 0) is 17.7 Å². The molecular formula is C17H16O5. The molecule has 5 heteroatoms. The SMILES string of the molecule is COC(=O)[C@@H]1C(=O)C[C@@H](c2ccccc2)O[C@H]1c1ccco1. The Balaban J connectivity index is 1.93. The first kappa shape index (κ1) is 14.5. The van der Waals surface area contributed by atoms with Crippen molar-refractivity contribution in [1.82, 2.24) is 0 Å². The van der Waals surface area contributed by atoms with Crippen LogP contribution in [0.2, 0.25) is 0 Å². The zero-order valence-electron chi connectivity index (χ0n) is 12.1. The molecule has 1 aromatic carbocycles. The number of carbonyl (C=O) groups is 2. The van der Waals surface area contributed by atoms with Gasteiger partial charge in [-0.1, -0.05) is 30.3 Å². The lowest BCUT2D eigenvalue weighted by Crippen LogP contribution is -2.38. The molecule has 0 bridgehead atoms. The summed E-state index contributed by atoms with van der Waals surface area (Å²) in [6, 6.07) is 12.9. The van der Waals surface area contributed by atoms with Crippen molar-refractivity contribution in [1.29, 1.82) is 0 Å². The molecule has 5 nitrogen and oxygen atoms in total. The first-order valence-corrected chi connectivity index (χ1v) is 7.05. The largest absolute Gasteiger partial charge is 0.468 e. The van der Waals surface area contributed by atoms with Crippen molar-refractivity contribution in [2.75, 3.05) is 7.11 Å². The summed E-state index contributed by atoms with van der Waals surface area (Å²) in [5.41, 5.74) is 0.899. The molecule has 1 saturated heterocycles. The van der Waals surface area contributed by atoms with E-state index < -0.39 is 24.1 Å². The standard InChI is InChI=1S/C17H16O5/c1-20-17(19)15-12(18)10-14(11-6-3-2-4-7-11)22-16(15)13-8-5-9-21-13/h2-9,14-16H,10H2,1H3/t14-,15+,16-/m0/s1. The van der Waals surface area contributed by atoms with Gasteiger partial charge in [0.2, 0.25) is 0 Å². The Bertz CT molecular complexity index is 647. The Morgan fingerprint density at radius 2 is 1.95 bits per heavy atom. The average molecular weight is 300 g/mol. The summed E-state index contributed by atoms with van der Waals surface area (Å²) in [5, 5.41) is 0. The van der Waals surface area contributed by atoms with Crippen LogP contribution in [0.15, 0.2) is 53.1 Å². The van der Waals surface area contributed by atoms with Crippen LogP contribution in [-0.4, -0.2) is 18.9 Å². The van der Waals surface area contributed by atoms with E-state index in [4.69, 9.17) is 13.9 Å². The third-order valence-electron chi connectivity index (χ3n) is 3.80. The summed E-state index contributed by atoms with van der Waals surface area (Å²) in [6.07, 6.45) is 0.462. The second kappa shape index (κ2) is 6.15. The predicted molar refractivity (Wildman–Crippen MR) is 76.8 cm³/mol. The first-order valence-electron chi connectivity index (χ1n) is 7.05. The molecule has 0 spiro atoms. The zero-order chi connectivity index (χ0) is 15.5. The number of rotatable bonds is 3. The maximum absolute atomic E-state index is 12.5. The van der Waals surface area contributed by atoms with E-state index in [1.807, 2.05) is 30.3 Å². The van der Waals surface area contributed by atoms with Gasteiger partial charge in [0.1, 0.15) is 17.8 Å². The highest BCUT2D eigenvalue weighted by Crippen LogP contribution is 2.41. The van der Waals surface area contributed by atoms with E-state index in [1.165, 1.54) is 13.4 Å². The van der Waals surface area contributed by atoms with Crippen LogP contribution in [0.25, 0.3) is 0 Å². The van der Waals surface area contributed by atoms with Crippen molar-refractivity contribution >= 4 is 11.8 Å². The van der Waals surface area contributed by atoms with Crippen LogP contribution >= 0.6 is 0 Å². The van der Waals surface area contributed by atoms with Crippen LogP contribution in [0, 0.1) is 5.92 Å². The van der Waals surface area contributed by atoms with Gasteiger partial charge in [0, 0.05) is 6.42 Å². The van der Waals surface area contributed by atoms with E-state index in [9.17, 15) is 9.59 Å². The van der Waals surface area contributed by atoms with Crippen molar-refractivity contribution in [3.05, 3.63) is 60.1 Å². The molecular weight excluding hydrogens is 284 g/mol. The molecule has 1 fully saturated rings. The number of carbonyl (C=O) groups excluding carboxylic acids is 2. The smallest absolute Gasteiger partial charge is 0.319 e. The maximum atomic E-state index is 12.5. The normalized spacial score (nSPS) is 25.0. The number of Topliss-reactive ketones (excluding diaryl/α,β-unsaturated/α-hetero) is 1. The van der Waals surface area contributed by atoms with Crippen LogP contribution < -0.4 is 0 Å². The summed E-state index contributed by atoms with van der Waals surface area (Å²) >= 11 is 0. The van der Waals surface area contributed by atoms with Gasteiger partial charge in [-0.15, -0.1) is 0 Å². The highest BCUT2D eigenvalue weighted by Gasteiger charge is 2.45. The fourth-order valence-corrected chi connectivity index (χ4v) is 2.71. The molecule has 1 aliphatic rings. The van der Waals surface area contributed by atoms with Crippen LogP contribution in [0.5, 0.6) is 0 Å². The van der Waals surface area contributed by atoms with E-state index in [2.05, 4.69) is 0 Å². The molecule has 114 valence electrons. The van der Waals surface area contributed by atoms with Crippen molar-refractivity contribution in [2.24, 2.45) is 5.92 Å². The van der Waals surface area contributed by atoms with E-state index in [-0.39, 0.29) is 12.2 Å². The van der Waals surface area contributed by atoms with Gasteiger partial charge in [-0.3, -0.25) is 9.59 Å². The minimum atomic E-state index is -0.990. The lowest BCUT2D eigenvalue weighted by molar-refractivity contribution is -0.170. The fourth-order valence-electron chi connectivity index (χ4n) is 2.71. The van der Waals surface area contributed by atoms with E-state index >= 15 is 0 Å². The van der Waals surface area contributed by atoms with E-state index in [0.29, 0.717) is 5.76 Å². The Hall–Kier alpha value is -2.40. The van der Waals surface area contributed by atoms with Crippen molar-refractivity contribution in [2.45, 2.75) is 18.6 Å². The lowest BCUT2D eigenvalue weighted by Gasteiger charge is -2.33. The molecule has 2 aromatic rings. The molecule has 0 amide bonds. The monoisotopic (exact) mass is 300 g/mol. The molecule has 1 aromatic heterocycles. The van der Waals surface area contributed by atoms with Gasteiger partial charge < -0.3 is 13.9 Å². The number of ether oxygens (including phenoxy) is 2. The minimum absolute atomic E-state index is 0.140. The molecule has 0 N–H and O–H groups in total. The Morgan fingerprint density at radius 1 is 1.18 bits per heavy atom. The summed E-state index contributed by atoms with van der Waals surface area (Å²) in [4.78, 5) is 24.4. The van der Waals surface area contributed by atoms with Crippen LogP contribution in [0.1, 0.15) is 30.0 Å². The Labute approximate surface area is 127 Å². The number of benzene rings is 1. The van der Waals surface area contributed by atoms with Gasteiger partial charge in [-0.2, -0.15) is 0 Å². The van der Waals surface area contributed by atoms with Gasteiger partial charge >= 0.3 is 5.97 Å².